The van der Waals surface area contributed by atoms with E-state index in [0.717, 1.165) is 18.5 Å². The molecule has 0 atom stereocenters. The zero-order valence-corrected chi connectivity index (χ0v) is 9.70. The predicted molar refractivity (Wildman–Crippen MR) is 60.4 cm³/mol. The van der Waals surface area contributed by atoms with Gasteiger partial charge in [0.05, 0.1) is 0 Å². The molecule has 0 rings (SSSR count). The van der Waals surface area contributed by atoms with Gasteiger partial charge in [0.15, 0.2) is 0 Å². The average Bonchev–Trinajstić information content (AvgIpc) is 2.03. The van der Waals surface area contributed by atoms with Crippen molar-refractivity contribution in [3.63, 3.8) is 0 Å². The van der Waals surface area contributed by atoms with Crippen molar-refractivity contribution in [1.82, 2.24) is 5.32 Å². The third kappa shape index (κ3) is 4.76. The largest absolute Gasteiger partial charge is 0.363 e. The molecule has 13 heavy (non-hydrogen) atoms. The molecule has 0 radical (unpaired) electrons. The monoisotopic (exact) mass is 181 g/mol. The lowest BCUT2D eigenvalue weighted by atomic mass is 10.0. The van der Waals surface area contributed by atoms with E-state index >= 15 is 0 Å². The Morgan fingerprint density at radius 3 is 2.23 bits per heavy atom. The van der Waals surface area contributed by atoms with E-state index in [4.69, 9.17) is 0 Å². The quantitative estimate of drug-likeness (QED) is 0.679. The van der Waals surface area contributed by atoms with Gasteiger partial charge in [0.2, 0.25) is 0 Å². The third-order valence-corrected chi connectivity index (χ3v) is 2.37. The molecule has 1 nitrogen and oxygen atoms in total. The van der Waals surface area contributed by atoms with Gasteiger partial charge in [0, 0.05) is 11.4 Å². The third-order valence-electron chi connectivity index (χ3n) is 2.37. The van der Waals surface area contributed by atoms with E-state index in [1.165, 1.54) is 11.3 Å². The normalized spacial score (nSPS) is 12.8. The second-order valence-corrected chi connectivity index (χ2v) is 3.94. The number of hydrogen-bond acceptors (Lipinski definition) is 1. The van der Waals surface area contributed by atoms with E-state index in [0.29, 0.717) is 5.92 Å². The van der Waals surface area contributed by atoms with Crippen molar-refractivity contribution in [2.45, 2.75) is 47.5 Å². The first-order valence-electron chi connectivity index (χ1n) is 5.11. The number of rotatable bonds is 5. The van der Waals surface area contributed by atoms with Crippen LogP contribution in [0.1, 0.15) is 47.5 Å². The molecule has 0 aliphatic heterocycles. The molecule has 0 aromatic rings. The van der Waals surface area contributed by atoms with Crippen molar-refractivity contribution in [3.8, 4) is 0 Å². The Bertz CT molecular complexity index is 199. The van der Waals surface area contributed by atoms with E-state index in [1.54, 1.807) is 0 Å². The lowest BCUT2D eigenvalue weighted by Gasteiger charge is -2.14. The van der Waals surface area contributed by atoms with Crippen LogP contribution in [0.15, 0.2) is 23.5 Å². The van der Waals surface area contributed by atoms with Gasteiger partial charge in [-0.05, 0) is 26.2 Å². The van der Waals surface area contributed by atoms with Crippen molar-refractivity contribution in [3.05, 3.63) is 23.5 Å². The van der Waals surface area contributed by atoms with E-state index < -0.39 is 0 Å². The fourth-order valence-electron chi connectivity index (χ4n) is 1.16. The molecule has 1 heteroatoms. The smallest absolute Gasteiger partial charge is 0.0108 e. The Kier molecular flexibility index (Phi) is 5.52. The van der Waals surface area contributed by atoms with Gasteiger partial charge in [0.1, 0.15) is 0 Å². The Labute approximate surface area is 82.9 Å². The van der Waals surface area contributed by atoms with Crippen LogP contribution in [0.2, 0.25) is 0 Å². The van der Waals surface area contributed by atoms with Gasteiger partial charge in [-0.2, -0.15) is 0 Å². The minimum absolute atomic E-state index is 0.613. The van der Waals surface area contributed by atoms with E-state index in [9.17, 15) is 0 Å². The summed E-state index contributed by atoms with van der Waals surface area (Å²) in [5, 5.41) is 3.35. The minimum Gasteiger partial charge on any atom is -0.363 e. The highest BCUT2D eigenvalue weighted by Gasteiger charge is 2.01. The van der Waals surface area contributed by atoms with Gasteiger partial charge in [-0.25, -0.2) is 0 Å². The van der Waals surface area contributed by atoms with Gasteiger partial charge in [-0.3, -0.25) is 0 Å². The summed E-state index contributed by atoms with van der Waals surface area (Å²) in [4.78, 5) is 0. The van der Waals surface area contributed by atoms with Crippen LogP contribution in [0, 0.1) is 5.92 Å². The molecule has 0 aromatic heterocycles. The highest BCUT2D eigenvalue weighted by Crippen LogP contribution is 2.13. The summed E-state index contributed by atoms with van der Waals surface area (Å²) < 4.78 is 0. The fraction of sp³-hybridized carbons (Fsp3) is 0.667. The SMILES string of the molecule is C=C(CCC)N/C(C)=C(/C)C(C)C. The molecule has 0 saturated heterocycles. The van der Waals surface area contributed by atoms with Crippen molar-refractivity contribution in [2.24, 2.45) is 5.92 Å². The summed E-state index contributed by atoms with van der Waals surface area (Å²) in [5.74, 6) is 0.613. The standard InChI is InChI=1S/C12H23N/c1-7-8-10(4)13-12(6)11(5)9(2)3/h9,13H,4,7-8H2,1-3,5-6H3/b12-11-. The molecule has 0 aliphatic rings. The molecule has 0 amide bonds. The molecular weight excluding hydrogens is 158 g/mol. The predicted octanol–water partition coefficient (Wildman–Crippen LogP) is 3.84. The Morgan fingerprint density at radius 1 is 1.31 bits per heavy atom. The molecule has 0 unspecified atom stereocenters. The molecule has 0 heterocycles. The van der Waals surface area contributed by atoms with Gasteiger partial charge in [-0.1, -0.05) is 39.3 Å². The summed E-state index contributed by atoms with van der Waals surface area (Å²) >= 11 is 0. The zero-order chi connectivity index (χ0) is 10.4. The van der Waals surface area contributed by atoms with Crippen LogP contribution < -0.4 is 5.32 Å². The molecule has 0 bridgehead atoms. The van der Waals surface area contributed by atoms with Crippen LogP contribution in [0.25, 0.3) is 0 Å². The lowest BCUT2D eigenvalue weighted by molar-refractivity contribution is 0.727. The second-order valence-electron chi connectivity index (χ2n) is 3.94. The first kappa shape index (κ1) is 12.3. The van der Waals surface area contributed by atoms with Crippen molar-refractivity contribution < 1.29 is 0 Å². The van der Waals surface area contributed by atoms with Gasteiger partial charge < -0.3 is 5.32 Å². The van der Waals surface area contributed by atoms with Gasteiger partial charge in [0.25, 0.3) is 0 Å². The highest BCUT2D eigenvalue weighted by molar-refractivity contribution is 5.14. The second kappa shape index (κ2) is 5.85. The van der Waals surface area contributed by atoms with Crippen LogP contribution >= 0.6 is 0 Å². The fourth-order valence-corrected chi connectivity index (χ4v) is 1.16. The summed E-state index contributed by atoms with van der Waals surface area (Å²) in [7, 11) is 0. The van der Waals surface area contributed by atoms with Crippen LogP contribution in [0.3, 0.4) is 0 Å². The lowest BCUT2D eigenvalue weighted by Crippen LogP contribution is -2.12. The number of nitrogens with one attached hydrogen (secondary N) is 1. The molecule has 0 aromatic carbocycles. The topological polar surface area (TPSA) is 12.0 Å². The van der Waals surface area contributed by atoms with E-state index in [1.807, 2.05) is 0 Å². The number of hydrogen-bond donors (Lipinski definition) is 1. The molecule has 0 spiro atoms. The van der Waals surface area contributed by atoms with Gasteiger partial charge in [-0.15, -0.1) is 0 Å². The summed E-state index contributed by atoms with van der Waals surface area (Å²) in [6.45, 7) is 14.9. The Morgan fingerprint density at radius 2 is 1.85 bits per heavy atom. The first-order chi connectivity index (χ1) is 5.99. The zero-order valence-electron chi connectivity index (χ0n) is 9.70. The van der Waals surface area contributed by atoms with Crippen LogP contribution in [0.4, 0.5) is 0 Å². The van der Waals surface area contributed by atoms with Crippen LogP contribution in [0.5, 0.6) is 0 Å². The minimum atomic E-state index is 0.613. The van der Waals surface area contributed by atoms with Crippen molar-refractivity contribution in [1.29, 1.82) is 0 Å². The van der Waals surface area contributed by atoms with Crippen LogP contribution in [-0.4, -0.2) is 0 Å². The summed E-state index contributed by atoms with van der Waals surface area (Å²) in [5.41, 5.74) is 3.80. The molecular formula is C12H23N. The van der Waals surface area contributed by atoms with Gasteiger partial charge >= 0.3 is 0 Å². The molecule has 0 fully saturated rings. The first-order valence-corrected chi connectivity index (χ1v) is 5.11. The van der Waals surface area contributed by atoms with Crippen LogP contribution in [-0.2, 0) is 0 Å². The molecule has 0 aliphatic carbocycles. The maximum atomic E-state index is 3.98. The maximum Gasteiger partial charge on any atom is 0.0108 e. The summed E-state index contributed by atoms with van der Waals surface area (Å²) in [6, 6.07) is 0. The maximum absolute atomic E-state index is 3.98. The van der Waals surface area contributed by atoms with E-state index in [-0.39, 0.29) is 0 Å². The van der Waals surface area contributed by atoms with Crippen molar-refractivity contribution in [2.75, 3.05) is 0 Å². The van der Waals surface area contributed by atoms with E-state index in [2.05, 4.69) is 46.5 Å². The molecule has 1 N–H and O–H groups in total. The average molecular weight is 181 g/mol. The van der Waals surface area contributed by atoms with Crippen molar-refractivity contribution >= 4 is 0 Å². The molecule has 0 saturated carbocycles. The Balaban J connectivity index is 4.20. The molecule has 76 valence electrons. The highest BCUT2D eigenvalue weighted by atomic mass is 14.9. The number of allylic oxidation sites excluding steroid dienone is 3. The Hall–Kier alpha value is -0.720. The summed E-state index contributed by atoms with van der Waals surface area (Å²) in [6.07, 6.45) is 2.21.